The van der Waals surface area contributed by atoms with Gasteiger partial charge in [-0.25, -0.2) is 0 Å². The van der Waals surface area contributed by atoms with Crippen molar-refractivity contribution >= 4 is 5.91 Å². The molecular formula is C11H19N3O2. The van der Waals surface area contributed by atoms with Crippen LogP contribution in [0, 0.1) is 11.3 Å². The van der Waals surface area contributed by atoms with Gasteiger partial charge in [-0.15, -0.1) is 0 Å². The van der Waals surface area contributed by atoms with E-state index < -0.39 is 0 Å². The summed E-state index contributed by atoms with van der Waals surface area (Å²) < 4.78 is 5.30. The summed E-state index contributed by atoms with van der Waals surface area (Å²) in [4.78, 5) is 13.8. The Morgan fingerprint density at radius 2 is 2.25 bits per heavy atom. The van der Waals surface area contributed by atoms with E-state index in [1.165, 1.54) is 0 Å². The van der Waals surface area contributed by atoms with Gasteiger partial charge >= 0.3 is 0 Å². The van der Waals surface area contributed by atoms with Crippen LogP contribution in [-0.2, 0) is 9.53 Å². The third-order valence-electron chi connectivity index (χ3n) is 2.59. The Balaban J connectivity index is 2.67. The maximum Gasteiger partial charge on any atom is 0.239 e. The van der Waals surface area contributed by atoms with Gasteiger partial charge in [-0.05, 0) is 20.8 Å². The molecule has 1 saturated heterocycles. The van der Waals surface area contributed by atoms with E-state index in [0.29, 0.717) is 19.8 Å². The van der Waals surface area contributed by atoms with Crippen molar-refractivity contribution in [3.8, 4) is 6.07 Å². The zero-order valence-corrected chi connectivity index (χ0v) is 10.1. The van der Waals surface area contributed by atoms with Crippen molar-refractivity contribution in [3.63, 3.8) is 0 Å². The molecule has 1 aliphatic rings. The molecule has 1 rings (SSSR count). The molecule has 1 amide bonds. The Morgan fingerprint density at radius 3 is 2.81 bits per heavy atom. The smallest absolute Gasteiger partial charge is 0.239 e. The number of rotatable bonds is 3. The predicted molar refractivity (Wildman–Crippen MR) is 59.7 cm³/mol. The lowest BCUT2D eigenvalue weighted by Gasteiger charge is -2.36. The average Bonchev–Trinajstić information content (AvgIpc) is 2.27. The molecule has 0 bridgehead atoms. The first kappa shape index (κ1) is 12.9. The number of nitrogens with zero attached hydrogens (tertiary/aromatic N) is 2. The van der Waals surface area contributed by atoms with E-state index in [-0.39, 0.29) is 24.0 Å². The fourth-order valence-corrected chi connectivity index (χ4v) is 1.76. The van der Waals surface area contributed by atoms with Crippen LogP contribution in [-0.4, -0.2) is 48.7 Å². The largest absolute Gasteiger partial charge is 0.378 e. The molecule has 2 atom stereocenters. The topological polar surface area (TPSA) is 65.4 Å². The molecule has 16 heavy (non-hydrogen) atoms. The van der Waals surface area contributed by atoms with Crippen molar-refractivity contribution in [2.24, 2.45) is 0 Å². The number of hydrogen-bond acceptors (Lipinski definition) is 4. The molecule has 0 saturated carbocycles. The van der Waals surface area contributed by atoms with Gasteiger partial charge in [-0.3, -0.25) is 9.69 Å². The monoisotopic (exact) mass is 225 g/mol. The molecule has 90 valence electrons. The van der Waals surface area contributed by atoms with E-state index in [9.17, 15) is 4.79 Å². The molecule has 0 aromatic rings. The van der Waals surface area contributed by atoms with Crippen molar-refractivity contribution in [1.82, 2.24) is 10.2 Å². The molecule has 0 radical (unpaired) electrons. The minimum atomic E-state index is -0.342. The lowest BCUT2D eigenvalue weighted by Crippen LogP contribution is -2.57. The number of amides is 1. The predicted octanol–water partition coefficient (Wildman–Crippen LogP) is 0.124. The van der Waals surface area contributed by atoms with Crippen LogP contribution in [0.15, 0.2) is 0 Å². The fourth-order valence-electron chi connectivity index (χ4n) is 1.76. The van der Waals surface area contributed by atoms with Crippen molar-refractivity contribution < 1.29 is 9.53 Å². The second kappa shape index (κ2) is 5.83. The van der Waals surface area contributed by atoms with Crippen LogP contribution in [0.3, 0.4) is 0 Å². The van der Waals surface area contributed by atoms with Crippen molar-refractivity contribution in [2.75, 3.05) is 19.8 Å². The van der Waals surface area contributed by atoms with Crippen LogP contribution in [0.1, 0.15) is 20.8 Å². The van der Waals surface area contributed by atoms with Crippen LogP contribution in [0.2, 0.25) is 0 Å². The number of morpholine rings is 1. The van der Waals surface area contributed by atoms with Gasteiger partial charge in [-0.1, -0.05) is 0 Å². The molecule has 1 aliphatic heterocycles. The van der Waals surface area contributed by atoms with Crippen LogP contribution in [0.25, 0.3) is 0 Å². The van der Waals surface area contributed by atoms with Gasteiger partial charge in [0.1, 0.15) is 6.04 Å². The molecule has 0 aliphatic carbocycles. The van der Waals surface area contributed by atoms with Crippen molar-refractivity contribution in [3.05, 3.63) is 0 Å². The second-order valence-corrected chi connectivity index (χ2v) is 4.30. The van der Waals surface area contributed by atoms with E-state index in [0.717, 1.165) is 0 Å². The van der Waals surface area contributed by atoms with Crippen LogP contribution >= 0.6 is 0 Å². The van der Waals surface area contributed by atoms with Gasteiger partial charge in [-0.2, -0.15) is 5.26 Å². The molecule has 1 heterocycles. The highest BCUT2D eigenvalue weighted by atomic mass is 16.5. The average molecular weight is 225 g/mol. The van der Waals surface area contributed by atoms with Gasteiger partial charge in [0.05, 0.1) is 25.3 Å². The molecular weight excluding hydrogens is 206 g/mol. The summed E-state index contributed by atoms with van der Waals surface area (Å²) in [6.45, 7) is 7.22. The minimum absolute atomic E-state index is 0.0585. The molecule has 5 heteroatoms. The quantitative estimate of drug-likeness (QED) is 0.741. The maximum absolute atomic E-state index is 11.9. The summed E-state index contributed by atoms with van der Waals surface area (Å²) in [5.41, 5.74) is 0. The third kappa shape index (κ3) is 3.19. The van der Waals surface area contributed by atoms with E-state index in [1.807, 2.05) is 18.7 Å². The second-order valence-electron chi connectivity index (χ2n) is 4.30. The number of carbonyl (C=O) groups excluding carboxylic acids is 1. The minimum Gasteiger partial charge on any atom is -0.378 e. The van der Waals surface area contributed by atoms with Gasteiger partial charge < -0.3 is 10.1 Å². The number of carbonyl (C=O) groups is 1. The van der Waals surface area contributed by atoms with Crippen LogP contribution < -0.4 is 5.32 Å². The highest BCUT2D eigenvalue weighted by Gasteiger charge is 2.32. The Kier molecular flexibility index (Phi) is 4.71. The zero-order chi connectivity index (χ0) is 12.1. The highest BCUT2D eigenvalue weighted by molar-refractivity contribution is 5.82. The number of nitrogens with one attached hydrogen (secondary N) is 1. The number of hydrogen-bond donors (Lipinski definition) is 1. The Hall–Kier alpha value is -1.12. The molecule has 2 unspecified atom stereocenters. The Morgan fingerprint density at radius 1 is 1.56 bits per heavy atom. The van der Waals surface area contributed by atoms with E-state index in [4.69, 9.17) is 10.00 Å². The fraction of sp³-hybridized carbons (Fsp3) is 0.818. The third-order valence-corrected chi connectivity index (χ3v) is 2.59. The van der Waals surface area contributed by atoms with Crippen LogP contribution in [0.5, 0.6) is 0 Å². The van der Waals surface area contributed by atoms with Gasteiger partial charge in [0, 0.05) is 12.6 Å². The molecule has 1 N–H and O–H groups in total. The summed E-state index contributed by atoms with van der Waals surface area (Å²) in [6.07, 6.45) is 0. The van der Waals surface area contributed by atoms with Crippen molar-refractivity contribution in [2.45, 2.75) is 38.9 Å². The molecule has 5 nitrogen and oxygen atoms in total. The molecule has 0 aromatic heterocycles. The summed E-state index contributed by atoms with van der Waals surface area (Å²) in [5.74, 6) is -0.0585. The zero-order valence-electron chi connectivity index (χ0n) is 10.1. The first-order valence-electron chi connectivity index (χ1n) is 5.59. The van der Waals surface area contributed by atoms with E-state index in [1.54, 1.807) is 6.92 Å². The standard InChI is InChI=1S/C11H19N3O2/c1-8(2)13-11(15)10-7-16-5-4-14(10)9(3)6-12/h8-10H,4-5,7H2,1-3H3,(H,13,15). The summed E-state index contributed by atoms with van der Waals surface area (Å²) in [6, 6.07) is 1.67. The van der Waals surface area contributed by atoms with E-state index in [2.05, 4.69) is 11.4 Å². The van der Waals surface area contributed by atoms with Gasteiger partial charge in [0.2, 0.25) is 5.91 Å². The van der Waals surface area contributed by atoms with E-state index >= 15 is 0 Å². The first-order valence-corrected chi connectivity index (χ1v) is 5.59. The van der Waals surface area contributed by atoms with Gasteiger partial charge in [0.25, 0.3) is 0 Å². The molecule has 1 fully saturated rings. The summed E-state index contributed by atoms with van der Waals surface area (Å²) in [5, 5.41) is 11.8. The normalized spacial score (nSPS) is 23.8. The highest BCUT2D eigenvalue weighted by Crippen LogP contribution is 2.11. The SMILES string of the molecule is CC(C)NC(=O)C1COCCN1C(C)C#N. The molecule has 0 aromatic carbocycles. The number of ether oxygens (including phenoxy) is 1. The summed E-state index contributed by atoms with van der Waals surface area (Å²) >= 11 is 0. The first-order chi connectivity index (χ1) is 7.56. The molecule has 0 spiro atoms. The summed E-state index contributed by atoms with van der Waals surface area (Å²) in [7, 11) is 0. The number of nitriles is 1. The van der Waals surface area contributed by atoms with Crippen molar-refractivity contribution in [1.29, 1.82) is 5.26 Å². The maximum atomic E-state index is 11.9. The van der Waals surface area contributed by atoms with Crippen LogP contribution in [0.4, 0.5) is 0 Å². The lowest BCUT2D eigenvalue weighted by atomic mass is 10.1. The Labute approximate surface area is 96.4 Å². The Bertz CT molecular complexity index is 285. The lowest BCUT2D eigenvalue weighted by molar-refractivity contribution is -0.133. The van der Waals surface area contributed by atoms with Gasteiger partial charge in [0.15, 0.2) is 0 Å².